The van der Waals surface area contributed by atoms with Crippen LogP contribution in [0.2, 0.25) is 0 Å². The van der Waals surface area contributed by atoms with Crippen molar-refractivity contribution in [1.82, 2.24) is 0 Å². The van der Waals surface area contributed by atoms with Gasteiger partial charge in [0.1, 0.15) is 0 Å². The molecule has 3 nitrogen and oxygen atoms in total. The zero-order valence-corrected chi connectivity index (χ0v) is 14.2. The third-order valence-electron chi connectivity index (χ3n) is 3.43. The highest BCUT2D eigenvalue weighted by Gasteiger charge is 2.02. The molecular formula is C19H32O3. The lowest BCUT2D eigenvalue weighted by molar-refractivity contribution is -0.137. The minimum absolute atomic E-state index is 0.176. The lowest BCUT2D eigenvalue weighted by atomic mass is 10.1. The van der Waals surface area contributed by atoms with E-state index in [1.165, 1.54) is 0 Å². The van der Waals surface area contributed by atoms with E-state index < -0.39 is 5.97 Å². The SMILES string of the molecule is CCC=CCC=CC=CC(CCCCCCCC(=O)O)OC. The molecule has 0 heterocycles. The Balaban J connectivity index is 3.65. The van der Waals surface area contributed by atoms with Crippen molar-refractivity contribution in [2.75, 3.05) is 7.11 Å². The molecule has 0 rings (SSSR count). The fourth-order valence-corrected chi connectivity index (χ4v) is 2.13. The molecule has 0 saturated heterocycles. The molecule has 0 saturated carbocycles. The lowest BCUT2D eigenvalue weighted by Crippen LogP contribution is -2.06. The molecule has 0 aliphatic heterocycles. The number of unbranched alkanes of at least 4 members (excludes halogenated alkanes) is 4. The van der Waals surface area contributed by atoms with E-state index in [2.05, 4.69) is 43.4 Å². The summed E-state index contributed by atoms with van der Waals surface area (Å²) in [4.78, 5) is 10.4. The summed E-state index contributed by atoms with van der Waals surface area (Å²) in [6.07, 6.45) is 21.4. The minimum atomic E-state index is -0.692. The Kier molecular flexibility index (Phi) is 15.0. The molecule has 22 heavy (non-hydrogen) atoms. The highest BCUT2D eigenvalue weighted by molar-refractivity contribution is 5.66. The Labute approximate surface area is 135 Å². The number of allylic oxidation sites excluding steroid dienone is 5. The Morgan fingerprint density at radius 1 is 1.05 bits per heavy atom. The van der Waals surface area contributed by atoms with Crippen molar-refractivity contribution in [3.63, 3.8) is 0 Å². The van der Waals surface area contributed by atoms with Crippen LogP contribution in [0.5, 0.6) is 0 Å². The zero-order valence-electron chi connectivity index (χ0n) is 14.2. The molecule has 1 atom stereocenters. The molecule has 0 spiro atoms. The number of carbonyl (C=O) groups is 1. The van der Waals surface area contributed by atoms with Gasteiger partial charge in [-0.3, -0.25) is 4.79 Å². The molecule has 1 unspecified atom stereocenters. The summed E-state index contributed by atoms with van der Waals surface area (Å²) >= 11 is 0. The molecule has 0 amide bonds. The van der Waals surface area contributed by atoms with Gasteiger partial charge >= 0.3 is 5.97 Å². The minimum Gasteiger partial charge on any atom is -0.481 e. The topological polar surface area (TPSA) is 46.5 Å². The Morgan fingerprint density at radius 3 is 2.45 bits per heavy atom. The third kappa shape index (κ3) is 15.0. The van der Waals surface area contributed by atoms with Gasteiger partial charge in [-0.15, -0.1) is 0 Å². The first-order valence-corrected chi connectivity index (χ1v) is 8.43. The van der Waals surface area contributed by atoms with Gasteiger partial charge in [0.25, 0.3) is 0 Å². The lowest BCUT2D eigenvalue weighted by Gasteiger charge is -2.10. The molecule has 1 N–H and O–H groups in total. The van der Waals surface area contributed by atoms with Gasteiger partial charge in [0.05, 0.1) is 6.10 Å². The van der Waals surface area contributed by atoms with E-state index in [0.717, 1.165) is 51.4 Å². The number of rotatable bonds is 14. The van der Waals surface area contributed by atoms with Crippen LogP contribution < -0.4 is 0 Å². The standard InChI is InChI=1S/C19H32O3/c1-3-4-5-6-7-9-12-15-18(22-2)16-13-10-8-11-14-17-19(20)21/h4-5,7,9,12,15,18H,3,6,8,10-11,13-14,16-17H2,1-2H3,(H,20,21). The van der Waals surface area contributed by atoms with Crippen LogP contribution in [0.4, 0.5) is 0 Å². The fraction of sp³-hybridized carbons (Fsp3) is 0.632. The van der Waals surface area contributed by atoms with Crippen molar-refractivity contribution in [2.24, 2.45) is 0 Å². The zero-order chi connectivity index (χ0) is 16.5. The smallest absolute Gasteiger partial charge is 0.303 e. The molecule has 0 radical (unpaired) electrons. The van der Waals surface area contributed by atoms with Crippen molar-refractivity contribution in [3.8, 4) is 0 Å². The van der Waals surface area contributed by atoms with Crippen molar-refractivity contribution in [3.05, 3.63) is 36.5 Å². The van der Waals surface area contributed by atoms with E-state index in [0.29, 0.717) is 6.42 Å². The maximum Gasteiger partial charge on any atom is 0.303 e. The van der Waals surface area contributed by atoms with Gasteiger partial charge in [-0.1, -0.05) is 69.1 Å². The van der Waals surface area contributed by atoms with Crippen LogP contribution in [0.15, 0.2) is 36.5 Å². The van der Waals surface area contributed by atoms with E-state index in [1.54, 1.807) is 7.11 Å². The van der Waals surface area contributed by atoms with E-state index in [1.807, 2.05) is 0 Å². The molecule has 0 aliphatic rings. The second kappa shape index (κ2) is 16.0. The first kappa shape index (κ1) is 20.6. The summed E-state index contributed by atoms with van der Waals surface area (Å²) in [6.45, 7) is 2.13. The number of carboxylic acids is 1. The molecule has 0 aromatic carbocycles. The second-order valence-corrected chi connectivity index (χ2v) is 5.40. The van der Waals surface area contributed by atoms with Crippen LogP contribution in [0, 0.1) is 0 Å². The number of aliphatic carboxylic acids is 1. The first-order chi connectivity index (χ1) is 10.7. The monoisotopic (exact) mass is 308 g/mol. The van der Waals surface area contributed by atoms with Crippen molar-refractivity contribution < 1.29 is 14.6 Å². The van der Waals surface area contributed by atoms with E-state index in [4.69, 9.17) is 9.84 Å². The van der Waals surface area contributed by atoms with Gasteiger partial charge < -0.3 is 9.84 Å². The van der Waals surface area contributed by atoms with Crippen molar-refractivity contribution in [2.45, 2.75) is 70.8 Å². The Morgan fingerprint density at radius 2 is 1.77 bits per heavy atom. The molecule has 0 aliphatic carbocycles. The van der Waals surface area contributed by atoms with E-state index >= 15 is 0 Å². The largest absolute Gasteiger partial charge is 0.481 e. The third-order valence-corrected chi connectivity index (χ3v) is 3.43. The number of hydrogen-bond donors (Lipinski definition) is 1. The van der Waals surface area contributed by atoms with Gasteiger partial charge in [0, 0.05) is 13.5 Å². The van der Waals surface area contributed by atoms with Crippen LogP contribution in [0.3, 0.4) is 0 Å². The number of ether oxygens (including phenoxy) is 1. The predicted octanol–water partition coefficient (Wildman–Crippen LogP) is 5.29. The molecule has 0 aromatic heterocycles. The normalized spacial score (nSPS) is 13.5. The van der Waals surface area contributed by atoms with Crippen molar-refractivity contribution >= 4 is 5.97 Å². The van der Waals surface area contributed by atoms with Gasteiger partial charge in [-0.2, -0.15) is 0 Å². The summed E-state index contributed by atoms with van der Waals surface area (Å²) < 4.78 is 5.44. The highest BCUT2D eigenvalue weighted by Crippen LogP contribution is 2.11. The number of carboxylic acid groups (broad SMARTS) is 1. The van der Waals surface area contributed by atoms with E-state index in [-0.39, 0.29) is 6.10 Å². The molecule has 0 aromatic rings. The van der Waals surface area contributed by atoms with Gasteiger partial charge in [0.15, 0.2) is 0 Å². The van der Waals surface area contributed by atoms with Crippen molar-refractivity contribution in [1.29, 1.82) is 0 Å². The maximum absolute atomic E-state index is 10.4. The van der Waals surface area contributed by atoms with Crippen LogP contribution in [-0.2, 0) is 9.53 Å². The van der Waals surface area contributed by atoms with Crippen LogP contribution in [-0.4, -0.2) is 24.3 Å². The first-order valence-electron chi connectivity index (χ1n) is 8.43. The number of hydrogen-bond acceptors (Lipinski definition) is 2. The average molecular weight is 308 g/mol. The summed E-state index contributed by atoms with van der Waals surface area (Å²) in [5, 5.41) is 8.55. The van der Waals surface area contributed by atoms with Gasteiger partial charge in [-0.05, 0) is 25.7 Å². The molecule has 0 bridgehead atoms. The Bertz CT molecular complexity index is 343. The summed E-state index contributed by atoms with van der Waals surface area (Å²) in [6, 6.07) is 0. The molecule has 3 heteroatoms. The number of methoxy groups -OCH3 is 1. The van der Waals surface area contributed by atoms with Crippen LogP contribution >= 0.6 is 0 Å². The molecule has 126 valence electrons. The van der Waals surface area contributed by atoms with Gasteiger partial charge in [-0.25, -0.2) is 0 Å². The summed E-state index contributed by atoms with van der Waals surface area (Å²) in [7, 11) is 1.75. The summed E-state index contributed by atoms with van der Waals surface area (Å²) in [5.41, 5.74) is 0. The summed E-state index contributed by atoms with van der Waals surface area (Å²) in [5.74, 6) is -0.692. The average Bonchev–Trinajstić information content (AvgIpc) is 2.50. The van der Waals surface area contributed by atoms with E-state index in [9.17, 15) is 4.79 Å². The second-order valence-electron chi connectivity index (χ2n) is 5.40. The Hall–Kier alpha value is -1.35. The fourth-order valence-electron chi connectivity index (χ4n) is 2.13. The van der Waals surface area contributed by atoms with Crippen LogP contribution in [0.1, 0.15) is 64.7 Å². The molecular weight excluding hydrogens is 276 g/mol. The highest BCUT2D eigenvalue weighted by atomic mass is 16.5. The maximum atomic E-state index is 10.4. The molecule has 0 fully saturated rings. The van der Waals surface area contributed by atoms with Gasteiger partial charge in [0.2, 0.25) is 0 Å². The predicted molar refractivity (Wildman–Crippen MR) is 93.1 cm³/mol. The quantitative estimate of drug-likeness (QED) is 0.269. The van der Waals surface area contributed by atoms with Crippen LogP contribution in [0.25, 0.3) is 0 Å².